The van der Waals surface area contributed by atoms with Crippen molar-refractivity contribution in [1.29, 1.82) is 0 Å². The number of nitrogens with one attached hydrogen (secondary N) is 2. The van der Waals surface area contributed by atoms with Gasteiger partial charge in [0.05, 0.1) is 16.7 Å². The Kier molecular flexibility index (Phi) is 4.93. The molecule has 0 saturated heterocycles. The van der Waals surface area contributed by atoms with E-state index in [9.17, 15) is 9.59 Å². The first kappa shape index (κ1) is 16.9. The maximum absolute atomic E-state index is 12.3. The average Bonchev–Trinajstić information content (AvgIpc) is 3.13. The molecular formula is C17H22N2O4. The van der Waals surface area contributed by atoms with E-state index in [4.69, 9.17) is 8.83 Å². The SMILES string of the molecule is CCC(C)(CNC(=O)c1coc(C)c1)NC(=O)c1coc(C)c1. The molecule has 2 aromatic rings. The molecule has 0 fully saturated rings. The number of carbonyl (C=O) groups is 2. The lowest BCUT2D eigenvalue weighted by Crippen LogP contribution is -2.53. The summed E-state index contributed by atoms with van der Waals surface area (Å²) in [5, 5.41) is 5.78. The highest BCUT2D eigenvalue weighted by atomic mass is 16.3. The van der Waals surface area contributed by atoms with Crippen LogP contribution >= 0.6 is 0 Å². The molecule has 0 bridgehead atoms. The molecule has 2 aromatic heterocycles. The molecule has 0 aliphatic rings. The topological polar surface area (TPSA) is 84.5 Å². The molecule has 0 aliphatic carbocycles. The second-order valence-electron chi connectivity index (χ2n) is 5.94. The van der Waals surface area contributed by atoms with Crippen LogP contribution in [0.5, 0.6) is 0 Å². The quantitative estimate of drug-likeness (QED) is 0.857. The molecule has 0 radical (unpaired) electrons. The van der Waals surface area contributed by atoms with Crippen molar-refractivity contribution in [3.05, 3.63) is 47.3 Å². The van der Waals surface area contributed by atoms with E-state index < -0.39 is 5.54 Å². The summed E-state index contributed by atoms with van der Waals surface area (Å²) in [5.74, 6) is 0.906. The number of aryl methyl sites for hydroxylation is 2. The molecule has 2 amide bonds. The van der Waals surface area contributed by atoms with Gasteiger partial charge < -0.3 is 19.5 Å². The standard InChI is InChI=1S/C17H22N2O4/c1-5-17(4,19-16(21)14-7-12(3)23-9-14)10-18-15(20)13-6-11(2)22-8-13/h6-9H,5,10H2,1-4H3,(H,18,20)(H,19,21). The molecule has 6 nitrogen and oxygen atoms in total. The maximum Gasteiger partial charge on any atom is 0.255 e. The lowest BCUT2D eigenvalue weighted by molar-refractivity contribution is 0.0870. The normalized spacial score (nSPS) is 13.4. The average molecular weight is 318 g/mol. The molecule has 0 aliphatic heterocycles. The van der Waals surface area contributed by atoms with Crippen LogP contribution in [0, 0.1) is 13.8 Å². The Morgan fingerprint density at radius 2 is 1.57 bits per heavy atom. The largest absolute Gasteiger partial charge is 0.469 e. The Balaban J connectivity index is 1.97. The van der Waals surface area contributed by atoms with Crippen molar-refractivity contribution in [2.24, 2.45) is 0 Å². The zero-order chi connectivity index (χ0) is 17.0. The van der Waals surface area contributed by atoms with E-state index in [-0.39, 0.29) is 11.8 Å². The van der Waals surface area contributed by atoms with E-state index in [1.54, 1.807) is 26.0 Å². The summed E-state index contributed by atoms with van der Waals surface area (Å²) < 4.78 is 10.3. The molecular weight excluding hydrogens is 296 g/mol. The van der Waals surface area contributed by atoms with Gasteiger partial charge in [0.25, 0.3) is 11.8 Å². The second-order valence-corrected chi connectivity index (χ2v) is 5.94. The number of furan rings is 2. The van der Waals surface area contributed by atoms with Gasteiger partial charge in [-0.05, 0) is 39.3 Å². The van der Waals surface area contributed by atoms with Crippen LogP contribution < -0.4 is 10.6 Å². The highest BCUT2D eigenvalue weighted by molar-refractivity contribution is 5.95. The fourth-order valence-corrected chi connectivity index (χ4v) is 2.11. The van der Waals surface area contributed by atoms with E-state index in [2.05, 4.69) is 10.6 Å². The van der Waals surface area contributed by atoms with Crippen LogP contribution in [0.25, 0.3) is 0 Å². The minimum Gasteiger partial charge on any atom is -0.469 e. The highest BCUT2D eigenvalue weighted by Gasteiger charge is 2.26. The summed E-state index contributed by atoms with van der Waals surface area (Å²) >= 11 is 0. The number of carbonyl (C=O) groups excluding carboxylic acids is 2. The zero-order valence-corrected chi connectivity index (χ0v) is 13.9. The van der Waals surface area contributed by atoms with Gasteiger partial charge in [0.15, 0.2) is 0 Å². The first-order valence-corrected chi connectivity index (χ1v) is 7.54. The highest BCUT2D eigenvalue weighted by Crippen LogP contribution is 2.13. The minimum atomic E-state index is -0.559. The predicted octanol–water partition coefficient (Wildman–Crippen LogP) is 2.82. The Morgan fingerprint density at radius 3 is 2.00 bits per heavy atom. The Bertz CT molecular complexity index is 701. The van der Waals surface area contributed by atoms with Crippen LogP contribution in [-0.4, -0.2) is 23.9 Å². The van der Waals surface area contributed by atoms with Crippen molar-refractivity contribution in [2.45, 2.75) is 39.7 Å². The lowest BCUT2D eigenvalue weighted by Gasteiger charge is -2.29. The van der Waals surface area contributed by atoms with Crippen molar-refractivity contribution in [2.75, 3.05) is 6.54 Å². The van der Waals surface area contributed by atoms with Crippen LogP contribution in [0.2, 0.25) is 0 Å². The van der Waals surface area contributed by atoms with E-state index in [0.29, 0.717) is 35.6 Å². The summed E-state index contributed by atoms with van der Waals surface area (Å²) in [6.07, 6.45) is 3.51. The molecule has 0 saturated carbocycles. The molecule has 2 N–H and O–H groups in total. The third-order valence-electron chi connectivity index (χ3n) is 3.82. The third-order valence-corrected chi connectivity index (χ3v) is 3.82. The van der Waals surface area contributed by atoms with Gasteiger partial charge in [-0.1, -0.05) is 6.92 Å². The molecule has 1 unspecified atom stereocenters. The van der Waals surface area contributed by atoms with Gasteiger partial charge in [0.1, 0.15) is 24.0 Å². The van der Waals surface area contributed by atoms with Gasteiger partial charge in [0, 0.05) is 6.54 Å². The Labute approximate surface area is 135 Å². The molecule has 124 valence electrons. The summed E-state index contributed by atoms with van der Waals surface area (Å²) in [6, 6.07) is 3.35. The molecule has 2 rings (SSSR count). The van der Waals surface area contributed by atoms with Crippen LogP contribution in [-0.2, 0) is 0 Å². The van der Waals surface area contributed by atoms with Crippen LogP contribution in [0.3, 0.4) is 0 Å². The van der Waals surface area contributed by atoms with E-state index >= 15 is 0 Å². The first-order chi connectivity index (χ1) is 10.8. The molecule has 0 spiro atoms. The Morgan fingerprint density at radius 1 is 1.04 bits per heavy atom. The number of hydrogen-bond acceptors (Lipinski definition) is 4. The maximum atomic E-state index is 12.3. The Hall–Kier alpha value is -2.50. The van der Waals surface area contributed by atoms with Gasteiger partial charge in [-0.15, -0.1) is 0 Å². The summed E-state index contributed by atoms with van der Waals surface area (Å²) in [5.41, 5.74) is 0.383. The smallest absolute Gasteiger partial charge is 0.255 e. The fraction of sp³-hybridized carbons (Fsp3) is 0.412. The summed E-state index contributed by atoms with van der Waals surface area (Å²) in [7, 11) is 0. The number of rotatable bonds is 6. The molecule has 0 aromatic carbocycles. The zero-order valence-electron chi connectivity index (χ0n) is 13.9. The molecule has 23 heavy (non-hydrogen) atoms. The van der Waals surface area contributed by atoms with E-state index in [1.807, 2.05) is 13.8 Å². The van der Waals surface area contributed by atoms with Gasteiger partial charge in [-0.2, -0.15) is 0 Å². The third kappa shape index (κ3) is 4.25. The predicted molar refractivity (Wildman–Crippen MR) is 85.4 cm³/mol. The molecule has 1 atom stereocenters. The van der Waals surface area contributed by atoms with Crippen LogP contribution in [0.4, 0.5) is 0 Å². The van der Waals surface area contributed by atoms with Crippen LogP contribution in [0.15, 0.2) is 33.5 Å². The monoisotopic (exact) mass is 318 g/mol. The molecule has 2 heterocycles. The minimum absolute atomic E-state index is 0.223. The fourth-order valence-electron chi connectivity index (χ4n) is 2.11. The first-order valence-electron chi connectivity index (χ1n) is 7.54. The second kappa shape index (κ2) is 6.73. The van der Waals surface area contributed by atoms with Crippen molar-refractivity contribution in [3.8, 4) is 0 Å². The molecule has 6 heteroatoms. The van der Waals surface area contributed by atoms with Gasteiger partial charge in [-0.3, -0.25) is 9.59 Å². The van der Waals surface area contributed by atoms with E-state index in [0.717, 1.165) is 0 Å². The van der Waals surface area contributed by atoms with Crippen molar-refractivity contribution in [1.82, 2.24) is 10.6 Å². The van der Waals surface area contributed by atoms with Crippen molar-refractivity contribution >= 4 is 11.8 Å². The van der Waals surface area contributed by atoms with Gasteiger partial charge >= 0.3 is 0 Å². The summed E-state index contributed by atoms with van der Waals surface area (Å²) in [4.78, 5) is 24.3. The van der Waals surface area contributed by atoms with Crippen molar-refractivity contribution < 1.29 is 18.4 Å². The van der Waals surface area contributed by atoms with Gasteiger partial charge in [-0.25, -0.2) is 0 Å². The van der Waals surface area contributed by atoms with Gasteiger partial charge in [0.2, 0.25) is 0 Å². The van der Waals surface area contributed by atoms with Crippen molar-refractivity contribution in [3.63, 3.8) is 0 Å². The van der Waals surface area contributed by atoms with E-state index in [1.165, 1.54) is 12.5 Å². The lowest BCUT2D eigenvalue weighted by atomic mass is 9.98. The van der Waals surface area contributed by atoms with Crippen LogP contribution in [0.1, 0.15) is 52.5 Å². The number of amides is 2. The number of hydrogen-bond donors (Lipinski definition) is 2. The summed E-state index contributed by atoms with van der Waals surface area (Å²) in [6.45, 7) is 7.71.